The third-order valence-corrected chi connectivity index (χ3v) is 3.48. The van der Waals surface area contributed by atoms with Gasteiger partial charge >= 0.3 is 0 Å². The van der Waals surface area contributed by atoms with E-state index in [1.165, 1.54) is 29.5 Å². The first kappa shape index (κ1) is 14.3. The molecule has 0 saturated carbocycles. The molecule has 1 amide bonds. The summed E-state index contributed by atoms with van der Waals surface area (Å²) in [6.07, 6.45) is 0. The maximum atomic E-state index is 12.0. The van der Waals surface area contributed by atoms with Crippen molar-refractivity contribution < 1.29 is 15.0 Å². The number of benzene rings is 1. The number of hydrogen-bond donors (Lipinski definition) is 3. The van der Waals surface area contributed by atoms with Crippen LogP contribution >= 0.6 is 11.3 Å². The van der Waals surface area contributed by atoms with Crippen molar-refractivity contribution in [2.45, 2.75) is 26.2 Å². The first-order chi connectivity index (χ1) is 9.27. The van der Waals surface area contributed by atoms with Gasteiger partial charge in [0, 0.05) is 10.8 Å². The highest BCUT2D eigenvalue weighted by molar-refractivity contribution is 7.14. The fourth-order valence-electron chi connectivity index (χ4n) is 1.55. The van der Waals surface area contributed by atoms with Crippen LogP contribution in [0, 0.1) is 0 Å². The molecule has 5 nitrogen and oxygen atoms in total. The monoisotopic (exact) mass is 292 g/mol. The minimum absolute atomic E-state index is 0.0116. The zero-order valence-electron chi connectivity index (χ0n) is 11.5. The highest BCUT2D eigenvalue weighted by Crippen LogP contribution is 2.28. The van der Waals surface area contributed by atoms with Crippen LogP contribution in [0.3, 0.4) is 0 Å². The Kier molecular flexibility index (Phi) is 3.67. The first-order valence-electron chi connectivity index (χ1n) is 6.07. The van der Waals surface area contributed by atoms with Gasteiger partial charge in [0.15, 0.2) is 5.13 Å². The van der Waals surface area contributed by atoms with Crippen LogP contribution in [0.2, 0.25) is 0 Å². The van der Waals surface area contributed by atoms with Gasteiger partial charge in [-0.3, -0.25) is 10.1 Å². The van der Waals surface area contributed by atoms with E-state index < -0.39 is 5.91 Å². The SMILES string of the molecule is CC(C)(C)c1csc(NC(=O)c2cc(O)ccc2O)n1. The molecule has 3 N–H and O–H groups in total. The molecule has 6 heteroatoms. The Morgan fingerprint density at radius 3 is 2.60 bits per heavy atom. The molecule has 0 saturated heterocycles. The third-order valence-electron chi connectivity index (χ3n) is 2.72. The first-order valence-corrected chi connectivity index (χ1v) is 6.94. The maximum Gasteiger partial charge on any atom is 0.261 e. The highest BCUT2D eigenvalue weighted by Gasteiger charge is 2.19. The van der Waals surface area contributed by atoms with E-state index in [4.69, 9.17) is 0 Å². The van der Waals surface area contributed by atoms with Gasteiger partial charge in [0.25, 0.3) is 5.91 Å². The van der Waals surface area contributed by atoms with E-state index in [2.05, 4.69) is 10.3 Å². The van der Waals surface area contributed by atoms with Crippen LogP contribution in [0.1, 0.15) is 36.8 Å². The second-order valence-electron chi connectivity index (χ2n) is 5.44. The predicted octanol–water partition coefficient (Wildman–Crippen LogP) is 3.10. The number of aromatic nitrogens is 1. The number of nitrogens with zero attached hydrogens (tertiary/aromatic N) is 1. The minimum atomic E-state index is -0.506. The molecule has 1 aromatic carbocycles. The predicted molar refractivity (Wildman–Crippen MR) is 78.5 cm³/mol. The van der Waals surface area contributed by atoms with E-state index >= 15 is 0 Å². The average molecular weight is 292 g/mol. The number of carbonyl (C=O) groups is 1. The molecule has 0 spiro atoms. The summed E-state index contributed by atoms with van der Waals surface area (Å²) >= 11 is 1.32. The van der Waals surface area contributed by atoms with Gasteiger partial charge in [-0.2, -0.15) is 0 Å². The lowest BCUT2D eigenvalue weighted by atomic mass is 9.93. The van der Waals surface area contributed by atoms with Crippen molar-refractivity contribution in [2.75, 3.05) is 5.32 Å². The van der Waals surface area contributed by atoms with Gasteiger partial charge in [-0.15, -0.1) is 11.3 Å². The summed E-state index contributed by atoms with van der Waals surface area (Å²) in [5, 5.41) is 24.0. The van der Waals surface area contributed by atoms with Crippen molar-refractivity contribution in [2.24, 2.45) is 0 Å². The number of aromatic hydroxyl groups is 2. The summed E-state index contributed by atoms with van der Waals surface area (Å²) in [7, 11) is 0. The standard InChI is InChI=1S/C14H16N2O3S/c1-14(2,3)11-7-20-13(15-11)16-12(19)9-6-8(17)4-5-10(9)18/h4-7,17-18H,1-3H3,(H,15,16,19). The van der Waals surface area contributed by atoms with Gasteiger partial charge in [-0.05, 0) is 18.2 Å². The lowest BCUT2D eigenvalue weighted by molar-refractivity contribution is 0.102. The van der Waals surface area contributed by atoms with Crippen molar-refractivity contribution in [3.05, 3.63) is 34.8 Å². The zero-order chi connectivity index (χ0) is 14.9. The molecule has 1 heterocycles. The summed E-state index contributed by atoms with van der Waals surface area (Å²) in [6.45, 7) is 6.11. The summed E-state index contributed by atoms with van der Waals surface area (Å²) in [5.41, 5.74) is 0.808. The van der Waals surface area contributed by atoms with Crippen LogP contribution in [0.5, 0.6) is 11.5 Å². The molecule has 0 radical (unpaired) electrons. The van der Waals surface area contributed by atoms with Gasteiger partial charge in [-0.1, -0.05) is 20.8 Å². The van der Waals surface area contributed by atoms with Gasteiger partial charge in [0.2, 0.25) is 0 Å². The van der Waals surface area contributed by atoms with Gasteiger partial charge in [-0.25, -0.2) is 4.98 Å². The highest BCUT2D eigenvalue weighted by atomic mass is 32.1. The van der Waals surface area contributed by atoms with Crippen LogP contribution in [0.4, 0.5) is 5.13 Å². The van der Waals surface area contributed by atoms with E-state index in [0.29, 0.717) is 5.13 Å². The number of hydrogen-bond acceptors (Lipinski definition) is 5. The number of carbonyl (C=O) groups excluding carboxylic acids is 1. The molecule has 0 aliphatic rings. The van der Waals surface area contributed by atoms with Crippen LogP contribution < -0.4 is 5.32 Å². The number of thiazole rings is 1. The van der Waals surface area contributed by atoms with Crippen LogP contribution in [0.15, 0.2) is 23.6 Å². The Bertz CT molecular complexity index is 644. The van der Waals surface area contributed by atoms with Gasteiger partial charge < -0.3 is 10.2 Å². The normalized spacial score (nSPS) is 11.3. The minimum Gasteiger partial charge on any atom is -0.508 e. The van der Waals surface area contributed by atoms with E-state index in [1.54, 1.807) is 0 Å². The largest absolute Gasteiger partial charge is 0.508 e. The number of nitrogens with one attached hydrogen (secondary N) is 1. The third kappa shape index (κ3) is 3.08. The maximum absolute atomic E-state index is 12.0. The van der Waals surface area contributed by atoms with Crippen molar-refractivity contribution in [1.82, 2.24) is 4.98 Å². The molecule has 2 rings (SSSR count). The molecule has 0 bridgehead atoms. The molecule has 0 fully saturated rings. The second-order valence-corrected chi connectivity index (χ2v) is 6.30. The second kappa shape index (κ2) is 5.13. The van der Waals surface area contributed by atoms with E-state index in [-0.39, 0.29) is 22.5 Å². The molecule has 20 heavy (non-hydrogen) atoms. The summed E-state index contributed by atoms with van der Waals surface area (Å²) in [5.74, 6) is -0.774. The molecule has 2 aromatic rings. The molecule has 1 aromatic heterocycles. The van der Waals surface area contributed by atoms with E-state index in [0.717, 1.165) is 5.69 Å². The fourth-order valence-corrected chi connectivity index (χ4v) is 2.48. The number of phenolic OH excluding ortho intramolecular Hbond substituents is 2. The quantitative estimate of drug-likeness (QED) is 0.743. The molecule has 106 valence electrons. The van der Waals surface area contributed by atoms with Gasteiger partial charge in [0.1, 0.15) is 11.5 Å². The number of phenols is 2. The van der Waals surface area contributed by atoms with Crippen LogP contribution in [-0.2, 0) is 5.41 Å². The Labute approximate surface area is 120 Å². The molecule has 0 aliphatic heterocycles. The number of amides is 1. The Hall–Kier alpha value is -2.08. The lowest BCUT2D eigenvalue weighted by Gasteiger charge is -2.14. The Morgan fingerprint density at radius 1 is 1.30 bits per heavy atom. The Morgan fingerprint density at radius 2 is 2.00 bits per heavy atom. The smallest absolute Gasteiger partial charge is 0.261 e. The van der Waals surface area contributed by atoms with E-state index in [1.807, 2.05) is 26.2 Å². The summed E-state index contributed by atoms with van der Waals surface area (Å²) < 4.78 is 0. The molecule has 0 atom stereocenters. The van der Waals surface area contributed by atoms with Crippen LogP contribution in [-0.4, -0.2) is 21.1 Å². The van der Waals surface area contributed by atoms with Crippen molar-refractivity contribution >= 4 is 22.4 Å². The van der Waals surface area contributed by atoms with Crippen molar-refractivity contribution in [3.63, 3.8) is 0 Å². The van der Waals surface area contributed by atoms with E-state index in [9.17, 15) is 15.0 Å². The summed E-state index contributed by atoms with van der Waals surface area (Å²) in [6, 6.07) is 3.79. The van der Waals surface area contributed by atoms with Gasteiger partial charge in [0.05, 0.1) is 11.3 Å². The molecule has 0 aliphatic carbocycles. The van der Waals surface area contributed by atoms with Crippen LogP contribution in [0.25, 0.3) is 0 Å². The average Bonchev–Trinajstić information content (AvgIpc) is 2.80. The molecular weight excluding hydrogens is 276 g/mol. The molecular formula is C14H16N2O3S. The zero-order valence-corrected chi connectivity index (χ0v) is 12.3. The lowest BCUT2D eigenvalue weighted by Crippen LogP contribution is -2.14. The molecule has 0 unspecified atom stereocenters. The van der Waals surface area contributed by atoms with Crippen molar-refractivity contribution in [3.8, 4) is 11.5 Å². The Balaban J connectivity index is 2.20. The topological polar surface area (TPSA) is 82.5 Å². The van der Waals surface area contributed by atoms with Crippen molar-refractivity contribution in [1.29, 1.82) is 0 Å². The fraction of sp³-hybridized carbons (Fsp3) is 0.286. The number of anilines is 1. The summed E-state index contributed by atoms with van der Waals surface area (Å²) in [4.78, 5) is 16.4. The number of rotatable bonds is 2.